The monoisotopic (exact) mass is 287 g/mol. The van der Waals surface area contributed by atoms with Crippen LogP contribution < -0.4 is 11.0 Å². The van der Waals surface area contributed by atoms with Crippen molar-refractivity contribution in [1.29, 1.82) is 0 Å². The van der Waals surface area contributed by atoms with Gasteiger partial charge in [-0.3, -0.25) is 9.13 Å². The van der Waals surface area contributed by atoms with Gasteiger partial charge in [-0.25, -0.2) is 4.79 Å². The van der Waals surface area contributed by atoms with Gasteiger partial charge in [-0.05, 0) is 31.5 Å². The molecular weight excluding hydrogens is 266 g/mol. The molecule has 0 spiro atoms. The fraction of sp³-hybridized carbons (Fsp3) is 0.438. The molecule has 1 saturated heterocycles. The van der Waals surface area contributed by atoms with Gasteiger partial charge in [-0.2, -0.15) is 0 Å². The SMILES string of the molecule is CC(C)n1ccn(-c2ccc(C3CNCCO3)cc2)c1=O. The van der Waals surface area contributed by atoms with Gasteiger partial charge in [0.25, 0.3) is 0 Å². The number of rotatable bonds is 3. The molecule has 21 heavy (non-hydrogen) atoms. The van der Waals surface area contributed by atoms with Gasteiger partial charge in [0.1, 0.15) is 0 Å². The van der Waals surface area contributed by atoms with Crippen LogP contribution in [0.5, 0.6) is 0 Å². The Bertz CT molecular complexity index is 649. The molecule has 1 aliphatic heterocycles. The van der Waals surface area contributed by atoms with Gasteiger partial charge in [-0.1, -0.05) is 12.1 Å². The van der Waals surface area contributed by atoms with Gasteiger partial charge < -0.3 is 10.1 Å². The summed E-state index contributed by atoms with van der Waals surface area (Å²) in [4.78, 5) is 12.3. The molecule has 1 aliphatic rings. The zero-order chi connectivity index (χ0) is 14.8. The van der Waals surface area contributed by atoms with Crippen molar-refractivity contribution >= 4 is 0 Å². The average molecular weight is 287 g/mol. The van der Waals surface area contributed by atoms with E-state index in [9.17, 15) is 4.79 Å². The van der Waals surface area contributed by atoms with E-state index in [-0.39, 0.29) is 17.8 Å². The van der Waals surface area contributed by atoms with Gasteiger partial charge in [0, 0.05) is 31.5 Å². The number of hydrogen-bond acceptors (Lipinski definition) is 3. The minimum Gasteiger partial charge on any atom is -0.371 e. The third kappa shape index (κ3) is 2.80. The van der Waals surface area contributed by atoms with Gasteiger partial charge >= 0.3 is 5.69 Å². The second kappa shape index (κ2) is 5.87. The van der Waals surface area contributed by atoms with Crippen LogP contribution in [0.3, 0.4) is 0 Å². The maximum absolute atomic E-state index is 12.3. The predicted molar refractivity (Wildman–Crippen MR) is 82.0 cm³/mol. The van der Waals surface area contributed by atoms with Crippen molar-refractivity contribution in [3.05, 3.63) is 52.7 Å². The lowest BCUT2D eigenvalue weighted by molar-refractivity contribution is 0.0277. The van der Waals surface area contributed by atoms with Crippen LogP contribution in [0, 0.1) is 0 Å². The van der Waals surface area contributed by atoms with E-state index in [1.165, 1.54) is 0 Å². The Morgan fingerprint density at radius 3 is 2.57 bits per heavy atom. The summed E-state index contributed by atoms with van der Waals surface area (Å²) in [6.07, 6.45) is 3.75. The molecule has 3 rings (SSSR count). The molecule has 0 saturated carbocycles. The van der Waals surface area contributed by atoms with Crippen LogP contribution in [0.4, 0.5) is 0 Å². The summed E-state index contributed by atoms with van der Waals surface area (Å²) in [5, 5.41) is 3.32. The first-order valence-corrected chi connectivity index (χ1v) is 7.39. The molecule has 1 aromatic carbocycles. The number of benzene rings is 1. The standard InChI is InChI=1S/C16H21N3O2/c1-12(2)18-8-9-19(16(18)20)14-5-3-13(4-6-14)15-11-17-7-10-21-15/h3-6,8-9,12,15,17H,7,10-11H2,1-2H3. The molecule has 2 aromatic rings. The summed E-state index contributed by atoms with van der Waals surface area (Å²) >= 11 is 0. The van der Waals surface area contributed by atoms with Crippen molar-refractivity contribution in [1.82, 2.24) is 14.5 Å². The summed E-state index contributed by atoms with van der Waals surface area (Å²) in [6.45, 7) is 6.49. The molecule has 0 aliphatic carbocycles. The minimum absolute atomic E-state index is 0.00617. The fourth-order valence-corrected chi connectivity index (χ4v) is 2.61. The lowest BCUT2D eigenvalue weighted by Crippen LogP contribution is -2.33. The van der Waals surface area contributed by atoms with E-state index in [2.05, 4.69) is 5.32 Å². The summed E-state index contributed by atoms with van der Waals surface area (Å²) in [5.74, 6) is 0. The Morgan fingerprint density at radius 2 is 2.00 bits per heavy atom. The van der Waals surface area contributed by atoms with E-state index in [1.54, 1.807) is 9.13 Å². The minimum atomic E-state index is -0.00617. The van der Waals surface area contributed by atoms with Crippen LogP contribution >= 0.6 is 0 Å². The van der Waals surface area contributed by atoms with Crippen molar-refractivity contribution < 1.29 is 4.74 Å². The Balaban J connectivity index is 1.85. The van der Waals surface area contributed by atoms with Crippen LogP contribution in [0.25, 0.3) is 5.69 Å². The predicted octanol–water partition coefficient (Wildman–Crippen LogP) is 1.88. The molecule has 5 nitrogen and oxygen atoms in total. The highest BCUT2D eigenvalue weighted by Gasteiger charge is 2.15. The van der Waals surface area contributed by atoms with Crippen LogP contribution in [0.2, 0.25) is 0 Å². The topological polar surface area (TPSA) is 48.2 Å². The van der Waals surface area contributed by atoms with Gasteiger partial charge in [-0.15, -0.1) is 0 Å². The highest BCUT2D eigenvalue weighted by atomic mass is 16.5. The Kier molecular flexibility index (Phi) is 3.94. The highest BCUT2D eigenvalue weighted by molar-refractivity contribution is 5.35. The lowest BCUT2D eigenvalue weighted by Gasteiger charge is -2.24. The van der Waals surface area contributed by atoms with E-state index >= 15 is 0 Å². The van der Waals surface area contributed by atoms with E-state index in [0.29, 0.717) is 0 Å². The average Bonchev–Trinajstić information content (AvgIpc) is 2.90. The van der Waals surface area contributed by atoms with Crippen molar-refractivity contribution in [3.63, 3.8) is 0 Å². The third-order valence-corrected chi connectivity index (χ3v) is 3.83. The number of morpholine rings is 1. The van der Waals surface area contributed by atoms with Gasteiger partial charge in [0.15, 0.2) is 0 Å². The highest BCUT2D eigenvalue weighted by Crippen LogP contribution is 2.20. The maximum atomic E-state index is 12.3. The summed E-state index contributed by atoms with van der Waals surface area (Å²) in [7, 11) is 0. The number of aromatic nitrogens is 2. The van der Waals surface area contributed by atoms with E-state index in [0.717, 1.165) is 30.9 Å². The van der Waals surface area contributed by atoms with Crippen LogP contribution in [-0.2, 0) is 4.74 Å². The fourth-order valence-electron chi connectivity index (χ4n) is 2.61. The van der Waals surface area contributed by atoms with Crippen molar-refractivity contribution in [2.75, 3.05) is 19.7 Å². The zero-order valence-electron chi connectivity index (χ0n) is 12.5. The van der Waals surface area contributed by atoms with E-state index in [1.807, 2.05) is 50.5 Å². The van der Waals surface area contributed by atoms with Gasteiger partial charge in [0.05, 0.1) is 18.4 Å². The van der Waals surface area contributed by atoms with Crippen molar-refractivity contribution in [3.8, 4) is 5.69 Å². The lowest BCUT2D eigenvalue weighted by atomic mass is 10.1. The van der Waals surface area contributed by atoms with Crippen molar-refractivity contribution in [2.24, 2.45) is 0 Å². The summed E-state index contributed by atoms with van der Waals surface area (Å²) < 4.78 is 9.13. The normalized spacial score (nSPS) is 19.1. The molecule has 5 heteroatoms. The summed E-state index contributed by atoms with van der Waals surface area (Å²) in [6, 6.07) is 8.18. The molecule has 112 valence electrons. The van der Waals surface area contributed by atoms with E-state index in [4.69, 9.17) is 4.74 Å². The van der Waals surface area contributed by atoms with Gasteiger partial charge in [0.2, 0.25) is 0 Å². The molecule has 1 fully saturated rings. The first-order valence-electron chi connectivity index (χ1n) is 7.39. The largest absolute Gasteiger partial charge is 0.371 e. The van der Waals surface area contributed by atoms with Crippen molar-refractivity contribution in [2.45, 2.75) is 26.0 Å². The molecule has 0 radical (unpaired) electrons. The molecule has 0 bridgehead atoms. The Morgan fingerprint density at radius 1 is 1.24 bits per heavy atom. The molecule has 2 heterocycles. The van der Waals surface area contributed by atoms with Crippen LogP contribution in [0.1, 0.15) is 31.6 Å². The maximum Gasteiger partial charge on any atom is 0.332 e. The number of nitrogens with one attached hydrogen (secondary N) is 1. The zero-order valence-corrected chi connectivity index (χ0v) is 12.5. The molecular formula is C16H21N3O2. The Hall–Kier alpha value is -1.85. The molecule has 1 unspecified atom stereocenters. The smallest absolute Gasteiger partial charge is 0.332 e. The molecule has 1 atom stereocenters. The first kappa shape index (κ1) is 14.1. The third-order valence-electron chi connectivity index (χ3n) is 3.83. The second-order valence-electron chi connectivity index (χ2n) is 5.61. The van der Waals surface area contributed by atoms with Crippen LogP contribution in [-0.4, -0.2) is 28.8 Å². The first-order chi connectivity index (χ1) is 10.2. The van der Waals surface area contributed by atoms with Crippen LogP contribution in [0.15, 0.2) is 41.5 Å². The quantitative estimate of drug-likeness (QED) is 0.937. The summed E-state index contributed by atoms with van der Waals surface area (Å²) in [5.41, 5.74) is 2.02. The molecule has 1 N–H and O–H groups in total. The second-order valence-corrected chi connectivity index (χ2v) is 5.61. The molecule has 1 aromatic heterocycles. The van der Waals surface area contributed by atoms with E-state index < -0.39 is 0 Å². The number of nitrogens with zero attached hydrogens (tertiary/aromatic N) is 2. The Labute approximate surface area is 124 Å². The number of ether oxygens (including phenoxy) is 1. The molecule has 0 amide bonds. The number of hydrogen-bond donors (Lipinski definition) is 1. The number of imidazole rings is 1.